The van der Waals surface area contributed by atoms with Crippen LogP contribution in [0, 0.1) is 0 Å². The molecule has 1 atom stereocenters. The van der Waals surface area contributed by atoms with Crippen LogP contribution < -0.4 is 5.32 Å². The van der Waals surface area contributed by atoms with Gasteiger partial charge in [0.25, 0.3) is 0 Å². The number of nitrogens with one attached hydrogen (secondary N) is 1. The van der Waals surface area contributed by atoms with Gasteiger partial charge in [-0.05, 0) is 29.9 Å². The molecule has 18 heavy (non-hydrogen) atoms. The highest BCUT2D eigenvalue weighted by Crippen LogP contribution is 2.21. The first-order chi connectivity index (χ1) is 8.79. The molecule has 0 saturated heterocycles. The quantitative estimate of drug-likeness (QED) is 0.561. The molecule has 1 fully saturated rings. The van der Waals surface area contributed by atoms with E-state index in [0.29, 0.717) is 19.1 Å². The van der Waals surface area contributed by atoms with E-state index in [9.17, 15) is 0 Å². The Hall–Kier alpha value is -1.12. The lowest BCUT2D eigenvalue weighted by Gasteiger charge is -2.13. The predicted octanol–water partition coefficient (Wildman–Crippen LogP) is 3.24. The van der Waals surface area contributed by atoms with E-state index in [-0.39, 0.29) is 0 Å². The zero-order valence-electron chi connectivity index (χ0n) is 11.2. The van der Waals surface area contributed by atoms with Crippen molar-refractivity contribution in [2.45, 2.75) is 38.3 Å². The Morgan fingerprint density at radius 1 is 1.39 bits per heavy atom. The summed E-state index contributed by atoms with van der Waals surface area (Å²) in [7, 11) is 0. The maximum atomic E-state index is 5.43. The molecular formula is C16H23NO. The van der Waals surface area contributed by atoms with Crippen LogP contribution in [0.3, 0.4) is 0 Å². The van der Waals surface area contributed by atoms with Gasteiger partial charge in [0.05, 0.1) is 13.2 Å². The predicted molar refractivity (Wildman–Crippen MR) is 75.7 cm³/mol. The van der Waals surface area contributed by atoms with E-state index in [4.69, 9.17) is 4.74 Å². The molecule has 0 heterocycles. The molecule has 1 aromatic carbocycles. The van der Waals surface area contributed by atoms with E-state index in [1.54, 1.807) is 6.08 Å². The minimum Gasteiger partial charge on any atom is -0.373 e. The van der Waals surface area contributed by atoms with Crippen molar-refractivity contribution in [3.05, 3.63) is 48.0 Å². The van der Waals surface area contributed by atoms with E-state index < -0.39 is 0 Å². The van der Waals surface area contributed by atoms with E-state index in [0.717, 1.165) is 12.6 Å². The van der Waals surface area contributed by atoms with Crippen molar-refractivity contribution in [3.8, 4) is 0 Å². The summed E-state index contributed by atoms with van der Waals surface area (Å²) in [6, 6.07) is 9.54. The van der Waals surface area contributed by atoms with Gasteiger partial charge in [-0.15, -0.1) is 6.58 Å². The van der Waals surface area contributed by atoms with Gasteiger partial charge in [0.2, 0.25) is 0 Å². The van der Waals surface area contributed by atoms with Crippen LogP contribution in [0.1, 0.15) is 36.8 Å². The Bertz CT molecular complexity index is 367. The molecular weight excluding hydrogens is 222 g/mol. The SMILES string of the molecule is C=CCOCc1ccc(C(C)CNC2CC2)cc1. The lowest BCUT2D eigenvalue weighted by atomic mass is 10.00. The van der Waals surface area contributed by atoms with Crippen LogP contribution in [0.4, 0.5) is 0 Å². The lowest BCUT2D eigenvalue weighted by Crippen LogP contribution is -2.21. The molecule has 2 heteroatoms. The first-order valence-electron chi connectivity index (χ1n) is 6.80. The summed E-state index contributed by atoms with van der Waals surface area (Å²) < 4.78 is 5.43. The highest BCUT2D eigenvalue weighted by atomic mass is 16.5. The second-order valence-electron chi connectivity index (χ2n) is 5.13. The van der Waals surface area contributed by atoms with Crippen LogP contribution in [-0.4, -0.2) is 19.2 Å². The highest BCUT2D eigenvalue weighted by Gasteiger charge is 2.21. The molecule has 1 N–H and O–H groups in total. The minimum absolute atomic E-state index is 0.578. The summed E-state index contributed by atoms with van der Waals surface area (Å²) in [4.78, 5) is 0. The number of benzene rings is 1. The first kappa shape index (κ1) is 13.3. The Morgan fingerprint density at radius 3 is 2.72 bits per heavy atom. The third-order valence-electron chi connectivity index (χ3n) is 3.34. The second-order valence-corrected chi connectivity index (χ2v) is 5.13. The van der Waals surface area contributed by atoms with E-state index >= 15 is 0 Å². The Morgan fingerprint density at radius 2 is 2.11 bits per heavy atom. The molecule has 0 aliphatic heterocycles. The Labute approximate surface area is 110 Å². The van der Waals surface area contributed by atoms with Crippen molar-refractivity contribution in [3.63, 3.8) is 0 Å². The average molecular weight is 245 g/mol. The maximum Gasteiger partial charge on any atom is 0.0721 e. The van der Waals surface area contributed by atoms with Gasteiger partial charge in [0.1, 0.15) is 0 Å². The van der Waals surface area contributed by atoms with Crippen LogP contribution in [0.2, 0.25) is 0 Å². The molecule has 1 aromatic rings. The van der Waals surface area contributed by atoms with Crippen molar-refractivity contribution in [2.75, 3.05) is 13.2 Å². The van der Waals surface area contributed by atoms with E-state index in [2.05, 4.69) is 43.1 Å². The summed E-state index contributed by atoms with van der Waals surface area (Å²) in [5.41, 5.74) is 2.62. The van der Waals surface area contributed by atoms with Gasteiger partial charge in [0.15, 0.2) is 0 Å². The molecule has 1 aliphatic rings. The van der Waals surface area contributed by atoms with Crippen LogP contribution in [0.5, 0.6) is 0 Å². The normalized spacial score (nSPS) is 16.5. The van der Waals surface area contributed by atoms with Crippen LogP contribution in [0.25, 0.3) is 0 Å². The number of hydrogen-bond acceptors (Lipinski definition) is 2. The highest BCUT2D eigenvalue weighted by molar-refractivity contribution is 5.25. The zero-order chi connectivity index (χ0) is 12.8. The van der Waals surface area contributed by atoms with Crippen molar-refractivity contribution >= 4 is 0 Å². The zero-order valence-corrected chi connectivity index (χ0v) is 11.2. The first-order valence-corrected chi connectivity index (χ1v) is 6.80. The number of ether oxygens (including phenoxy) is 1. The fourth-order valence-corrected chi connectivity index (χ4v) is 1.95. The van der Waals surface area contributed by atoms with Gasteiger partial charge in [-0.1, -0.05) is 37.3 Å². The van der Waals surface area contributed by atoms with Gasteiger partial charge in [-0.2, -0.15) is 0 Å². The summed E-state index contributed by atoms with van der Waals surface area (Å²) in [5.74, 6) is 0.578. The van der Waals surface area contributed by atoms with Gasteiger partial charge in [-0.25, -0.2) is 0 Å². The van der Waals surface area contributed by atoms with Gasteiger partial charge in [0, 0.05) is 12.6 Å². The number of rotatable bonds is 8. The maximum absolute atomic E-state index is 5.43. The summed E-state index contributed by atoms with van der Waals surface area (Å²) in [5, 5.41) is 3.58. The van der Waals surface area contributed by atoms with E-state index in [1.165, 1.54) is 24.0 Å². The Kier molecular flexibility index (Phi) is 4.97. The molecule has 1 saturated carbocycles. The van der Waals surface area contributed by atoms with Gasteiger partial charge in [-0.3, -0.25) is 0 Å². The lowest BCUT2D eigenvalue weighted by molar-refractivity contribution is 0.149. The average Bonchev–Trinajstić information content (AvgIpc) is 3.21. The standard InChI is InChI=1S/C16H23NO/c1-3-10-18-12-14-4-6-15(7-5-14)13(2)11-17-16-8-9-16/h3-7,13,16-17H,1,8-12H2,2H3. The topological polar surface area (TPSA) is 21.3 Å². The molecule has 2 rings (SSSR count). The molecule has 0 spiro atoms. The minimum atomic E-state index is 0.578. The van der Waals surface area contributed by atoms with Gasteiger partial charge < -0.3 is 10.1 Å². The molecule has 0 bridgehead atoms. The summed E-state index contributed by atoms with van der Waals surface area (Å²) >= 11 is 0. The molecule has 1 unspecified atom stereocenters. The molecule has 0 radical (unpaired) electrons. The second kappa shape index (κ2) is 6.72. The van der Waals surface area contributed by atoms with Crippen molar-refractivity contribution < 1.29 is 4.74 Å². The summed E-state index contributed by atoms with van der Waals surface area (Å²) in [6.07, 6.45) is 4.48. The van der Waals surface area contributed by atoms with Crippen molar-refractivity contribution in [1.29, 1.82) is 0 Å². The largest absolute Gasteiger partial charge is 0.373 e. The van der Waals surface area contributed by atoms with Crippen LogP contribution >= 0.6 is 0 Å². The summed E-state index contributed by atoms with van der Waals surface area (Å²) in [6.45, 7) is 8.28. The third kappa shape index (κ3) is 4.28. The fraction of sp³-hybridized carbons (Fsp3) is 0.500. The van der Waals surface area contributed by atoms with Crippen molar-refractivity contribution in [1.82, 2.24) is 5.32 Å². The fourth-order valence-electron chi connectivity index (χ4n) is 1.95. The van der Waals surface area contributed by atoms with Crippen molar-refractivity contribution in [2.24, 2.45) is 0 Å². The smallest absolute Gasteiger partial charge is 0.0721 e. The number of hydrogen-bond donors (Lipinski definition) is 1. The van der Waals surface area contributed by atoms with Crippen LogP contribution in [0.15, 0.2) is 36.9 Å². The van der Waals surface area contributed by atoms with Gasteiger partial charge >= 0.3 is 0 Å². The molecule has 1 aliphatic carbocycles. The molecule has 0 amide bonds. The molecule has 0 aromatic heterocycles. The van der Waals surface area contributed by atoms with E-state index in [1.807, 2.05) is 0 Å². The monoisotopic (exact) mass is 245 g/mol. The van der Waals surface area contributed by atoms with Crippen LogP contribution in [-0.2, 0) is 11.3 Å². The Balaban J connectivity index is 1.79. The third-order valence-corrected chi connectivity index (χ3v) is 3.34. The molecule has 2 nitrogen and oxygen atoms in total. The molecule has 98 valence electrons.